The van der Waals surface area contributed by atoms with E-state index < -0.39 is 5.82 Å². The molecular formula is C14H15FN4O2. The minimum Gasteiger partial charge on any atom is -0.403 e. The molecule has 1 saturated heterocycles. The smallest absolute Gasteiger partial charge is 0.318 e. The Morgan fingerprint density at radius 2 is 1.90 bits per heavy atom. The van der Waals surface area contributed by atoms with E-state index in [1.165, 1.54) is 6.07 Å². The highest BCUT2D eigenvalue weighted by Crippen LogP contribution is 2.24. The number of piperazine rings is 1. The van der Waals surface area contributed by atoms with E-state index in [0.717, 1.165) is 0 Å². The standard InChI is InChI=1S/C14H15FN4O2/c1-10(20)18-6-8-19(9-7-18)14-17-16-13(21-14)11-4-2-3-5-12(11)15/h2-5H,6-9H2,1H3. The number of nitrogens with zero attached hydrogens (tertiary/aromatic N) is 4. The number of rotatable bonds is 2. The number of hydrogen-bond donors (Lipinski definition) is 0. The zero-order valence-electron chi connectivity index (χ0n) is 11.6. The first-order valence-electron chi connectivity index (χ1n) is 6.74. The topological polar surface area (TPSA) is 62.5 Å². The first-order valence-corrected chi connectivity index (χ1v) is 6.74. The van der Waals surface area contributed by atoms with Crippen LogP contribution in [0.5, 0.6) is 0 Å². The molecule has 0 radical (unpaired) electrons. The van der Waals surface area contributed by atoms with E-state index in [9.17, 15) is 9.18 Å². The molecule has 0 spiro atoms. The highest BCUT2D eigenvalue weighted by molar-refractivity contribution is 5.73. The van der Waals surface area contributed by atoms with Gasteiger partial charge in [-0.05, 0) is 12.1 Å². The number of anilines is 1. The lowest BCUT2D eigenvalue weighted by Gasteiger charge is -2.32. The first-order chi connectivity index (χ1) is 10.1. The van der Waals surface area contributed by atoms with Crippen molar-refractivity contribution in [1.82, 2.24) is 15.1 Å². The molecule has 1 aromatic carbocycles. The van der Waals surface area contributed by atoms with Gasteiger partial charge in [-0.25, -0.2) is 4.39 Å². The third-order valence-electron chi connectivity index (χ3n) is 3.51. The molecule has 0 N–H and O–H groups in total. The van der Waals surface area contributed by atoms with Crippen LogP contribution in [-0.4, -0.2) is 47.2 Å². The fourth-order valence-corrected chi connectivity index (χ4v) is 2.30. The van der Waals surface area contributed by atoms with Crippen LogP contribution in [0.3, 0.4) is 0 Å². The minimum absolute atomic E-state index is 0.0622. The Balaban J connectivity index is 1.74. The molecule has 3 rings (SSSR count). The summed E-state index contributed by atoms with van der Waals surface area (Å²) < 4.78 is 19.2. The van der Waals surface area contributed by atoms with Crippen LogP contribution >= 0.6 is 0 Å². The molecule has 7 heteroatoms. The molecule has 2 heterocycles. The molecule has 2 aromatic rings. The van der Waals surface area contributed by atoms with Gasteiger partial charge in [0.1, 0.15) is 5.82 Å². The van der Waals surface area contributed by atoms with Gasteiger partial charge in [-0.15, -0.1) is 5.10 Å². The molecule has 0 saturated carbocycles. The third-order valence-corrected chi connectivity index (χ3v) is 3.51. The average molecular weight is 290 g/mol. The van der Waals surface area contributed by atoms with Crippen molar-refractivity contribution in [2.24, 2.45) is 0 Å². The zero-order valence-corrected chi connectivity index (χ0v) is 11.6. The molecule has 1 fully saturated rings. The fraction of sp³-hybridized carbons (Fsp3) is 0.357. The van der Waals surface area contributed by atoms with Crippen molar-refractivity contribution in [2.45, 2.75) is 6.92 Å². The third kappa shape index (κ3) is 2.72. The maximum absolute atomic E-state index is 13.7. The van der Waals surface area contributed by atoms with Crippen molar-refractivity contribution in [1.29, 1.82) is 0 Å². The monoisotopic (exact) mass is 290 g/mol. The maximum atomic E-state index is 13.7. The lowest BCUT2D eigenvalue weighted by Crippen LogP contribution is -2.48. The summed E-state index contributed by atoms with van der Waals surface area (Å²) in [5.41, 5.74) is 0.290. The summed E-state index contributed by atoms with van der Waals surface area (Å²) in [5, 5.41) is 7.86. The van der Waals surface area contributed by atoms with Crippen LogP contribution in [0, 0.1) is 5.82 Å². The lowest BCUT2D eigenvalue weighted by molar-refractivity contribution is -0.129. The van der Waals surface area contributed by atoms with Gasteiger partial charge in [0.15, 0.2) is 0 Å². The molecule has 1 amide bonds. The minimum atomic E-state index is -0.394. The van der Waals surface area contributed by atoms with E-state index in [1.54, 1.807) is 30.0 Å². The summed E-state index contributed by atoms with van der Waals surface area (Å²) in [6.07, 6.45) is 0. The maximum Gasteiger partial charge on any atom is 0.318 e. The largest absolute Gasteiger partial charge is 0.403 e. The number of aromatic nitrogens is 2. The van der Waals surface area contributed by atoms with Gasteiger partial charge in [-0.3, -0.25) is 4.79 Å². The quantitative estimate of drug-likeness (QED) is 0.839. The molecule has 0 bridgehead atoms. The van der Waals surface area contributed by atoms with Gasteiger partial charge in [-0.2, -0.15) is 0 Å². The lowest BCUT2D eigenvalue weighted by atomic mass is 10.2. The molecule has 1 aliphatic heterocycles. The SMILES string of the molecule is CC(=O)N1CCN(c2nnc(-c3ccccc3F)o2)CC1. The molecule has 0 unspecified atom stereocenters. The van der Waals surface area contributed by atoms with Crippen molar-refractivity contribution in [3.05, 3.63) is 30.1 Å². The Morgan fingerprint density at radius 1 is 1.19 bits per heavy atom. The Bertz CT molecular complexity index is 650. The van der Waals surface area contributed by atoms with Gasteiger partial charge in [0, 0.05) is 33.1 Å². The van der Waals surface area contributed by atoms with E-state index in [-0.39, 0.29) is 11.8 Å². The van der Waals surface area contributed by atoms with Gasteiger partial charge in [0.25, 0.3) is 5.89 Å². The fourth-order valence-electron chi connectivity index (χ4n) is 2.30. The highest BCUT2D eigenvalue weighted by atomic mass is 19.1. The van der Waals surface area contributed by atoms with Crippen LogP contribution in [-0.2, 0) is 4.79 Å². The van der Waals surface area contributed by atoms with Gasteiger partial charge in [0.2, 0.25) is 5.91 Å². The van der Waals surface area contributed by atoms with E-state index in [1.807, 2.05) is 4.90 Å². The van der Waals surface area contributed by atoms with Crippen molar-refractivity contribution in [2.75, 3.05) is 31.1 Å². The normalized spacial score (nSPS) is 15.3. The Labute approximate surface area is 121 Å². The number of carbonyl (C=O) groups is 1. The summed E-state index contributed by atoms with van der Waals surface area (Å²) in [5.74, 6) is -0.168. The van der Waals surface area contributed by atoms with Crippen LogP contribution in [0.4, 0.5) is 10.4 Å². The zero-order chi connectivity index (χ0) is 14.8. The molecule has 0 aliphatic carbocycles. The van der Waals surface area contributed by atoms with Crippen LogP contribution in [0.25, 0.3) is 11.5 Å². The molecule has 0 atom stereocenters. The average Bonchev–Trinajstić information content (AvgIpc) is 2.97. The molecule has 21 heavy (non-hydrogen) atoms. The molecule has 110 valence electrons. The number of hydrogen-bond acceptors (Lipinski definition) is 5. The van der Waals surface area contributed by atoms with Crippen LogP contribution in [0.15, 0.2) is 28.7 Å². The Morgan fingerprint density at radius 3 is 2.57 bits per heavy atom. The molecule has 6 nitrogen and oxygen atoms in total. The highest BCUT2D eigenvalue weighted by Gasteiger charge is 2.23. The van der Waals surface area contributed by atoms with Crippen molar-refractivity contribution >= 4 is 11.9 Å². The Kier molecular flexibility index (Phi) is 3.55. The summed E-state index contributed by atoms with van der Waals surface area (Å²) >= 11 is 0. The summed E-state index contributed by atoms with van der Waals surface area (Å²) in [4.78, 5) is 15.0. The predicted molar refractivity (Wildman–Crippen MR) is 74.2 cm³/mol. The number of amides is 1. The van der Waals surface area contributed by atoms with Crippen molar-refractivity contribution in [3.63, 3.8) is 0 Å². The van der Waals surface area contributed by atoms with Gasteiger partial charge in [0.05, 0.1) is 5.56 Å². The molecule has 1 aromatic heterocycles. The van der Waals surface area contributed by atoms with E-state index in [2.05, 4.69) is 10.2 Å². The second-order valence-electron chi connectivity index (χ2n) is 4.86. The second-order valence-corrected chi connectivity index (χ2v) is 4.86. The first kappa shape index (κ1) is 13.5. The van der Waals surface area contributed by atoms with Gasteiger partial charge < -0.3 is 14.2 Å². The number of carbonyl (C=O) groups excluding carboxylic acids is 1. The molecular weight excluding hydrogens is 275 g/mol. The van der Waals surface area contributed by atoms with Crippen molar-refractivity contribution in [3.8, 4) is 11.5 Å². The predicted octanol–water partition coefficient (Wildman–Crippen LogP) is 1.54. The van der Waals surface area contributed by atoms with Gasteiger partial charge in [-0.1, -0.05) is 17.2 Å². The van der Waals surface area contributed by atoms with Crippen LogP contribution in [0.1, 0.15) is 6.92 Å². The Hall–Kier alpha value is -2.44. The summed E-state index contributed by atoms with van der Waals surface area (Å²) in [6, 6.07) is 6.63. The second kappa shape index (κ2) is 5.51. The number of benzene rings is 1. The number of halogens is 1. The molecule has 1 aliphatic rings. The van der Waals surface area contributed by atoms with Crippen LogP contribution in [0.2, 0.25) is 0 Å². The van der Waals surface area contributed by atoms with Crippen molar-refractivity contribution < 1.29 is 13.6 Å². The van der Waals surface area contributed by atoms with Gasteiger partial charge >= 0.3 is 6.01 Å². The summed E-state index contributed by atoms with van der Waals surface area (Å²) in [7, 11) is 0. The van der Waals surface area contributed by atoms with Crippen LogP contribution < -0.4 is 4.90 Å². The summed E-state index contributed by atoms with van der Waals surface area (Å²) in [6.45, 7) is 4.04. The van der Waals surface area contributed by atoms with E-state index in [0.29, 0.717) is 37.8 Å². The van der Waals surface area contributed by atoms with E-state index >= 15 is 0 Å². The van der Waals surface area contributed by atoms with E-state index in [4.69, 9.17) is 4.42 Å².